The van der Waals surface area contributed by atoms with Crippen molar-refractivity contribution in [2.45, 2.75) is 13.5 Å². The molecule has 0 saturated heterocycles. The van der Waals surface area contributed by atoms with Gasteiger partial charge in [0, 0.05) is 13.1 Å². The molecule has 0 unspecified atom stereocenters. The van der Waals surface area contributed by atoms with E-state index in [9.17, 15) is 4.79 Å². The third-order valence-corrected chi connectivity index (χ3v) is 3.28. The molecule has 0 N–H and O–H groups in total. The van der Waals surface area contributed by atoms with Gasteiger partial charge in [-0.15, -0.1) is 0 Å². The van der Waals surface area contributed by atoms with Crippen molar-refractivity contribution in [3.8, 4) is 11.8 Å². The van der Waals surface area contributed by atoms with Crippen LogP contribution in [0.4, 0.5) is 0 Å². The number of benzene rings is 2. The lowest BCUT2D eigenvalue weighted by atomic mass is 10.2. The van der Waals surface area contributed by atoms with Crippen molar-refractivity contribution in [2.75, 3.05) is 13.2 Å². The Morgan fingerprint density at radius 1 is 1.18 bits per heavy atom. The maximum atomic E-state index is 12.2. The molecule has 0 fully saturated rings. The van der Waals surface area contributed by atoms with Gasteiger partial charge in [0.25, 0.3) is 5.91 Å². The molecule has 2 aromatic carbocycles. The second-order valence-corrected chi connectivity index (χ2v) is 4.82. The van der Waals surface area contributed by atoms with Crippen molar-refractivity contribution in [2.24, 2.45) is 0 Å². The second-order valence-electron chi connectivity index (χ2n) is 4.82. The number of nitriles is 1. The highest BCUT2D eigenvalue weighted by Crippen LogP contribution is 2.13. The van der Waals surface area contributed by atoms with Crippen molar-refractivity contribution in [3.63, 3.8) is 0 Å². The Labute approximate surface area is 130 Å². The summed E-state index contributed by atoms with van der Waals surface area (Å²) in [5.41, 5.74) is 1.60. The number of hydrogen-bond acceptors (Lipinski definition) is 3. The summed E-state index contributed by atoms with van der Waals surface area (Å²) in [6.45, 7) is 3.10. The standard InChI is InChI=1S/C18H18N2O2/c1-2-20(13-15-7-4-3-5-8-15)18(21)14-22-17-10-6-9-16(11-17)12-19/h3-11H,2,13-14H2,1H3. The molecule has 0 atom stereocenters. The van der Waals surface area contributed by atoms with E-state index in [4.69, 9.17) is 10.00 Å². The first-order valence-corrected chi connectivity index (χ1v) is 7.17. The fraction of sp³-hybridized carbons (Fsp3) is 0.222. The summed E-state index contributed by atoms with van der Waals surface area (Å²) in [5, 5.41) is 8.85. The number of rotatable bonds is 6. The average Bonchev–Trinajstić information content (AvgIpc) is 2.58. The van der Waals surface area contributed by atoms with E-state index in [2.05, 4.69) is 0 Å². The summed E-state index contributed by atoms with van der Waals surface area (Å²) < 4.78 is 5.49. The monoisotopic (exact) mass is 294 g/mol. The highest BCUT2D eigenvalue weighted by Gasteiger charge is 2.13. The molecular formula is C18H18N2O2. The lowest BCUT2D eigenvalue weighted by Gasteiger charge is -2.21. The zero-order valence-corrected chi connectivity index (χ0v) is 12.5. The molecule has 0 radical (unpaired) electrons. The molecule has 4 nitrogen and oxygen atoms in total. The summed E-state index contributed by atoms with van der Waals surface area (Å²) >= 11 is 0. The lowest BCUT2D eigenvalue weighted by Crippen LogP contribution is -2.34. The van der Waals surface area contributed by atoms with Crippen LogP contribution >= 0.6 is 0 Å². The van der Waals surface area contributed by atoms with E-state index < -0.39 is 0 Å². The van der Waals surface area contributed by atoms with Crippen molar-refractivity contribution >= 4 is 5.91 Å². The van der Waals surface area contributed by atoms with E-state index >= 15 is 0 Å². The third-order valence-electron chi connectivity index (χ3n) is 3.28. The van der Waals surface area contributed by atoms with E-state index in [-0.39, 0.29) is 12.5 Å². The van der Waals surface area contributed by atoms with E-state index in [1.54, 1.807) is 29.2 Å². The molecule has 2 rings (SSSR count). The van der Waals surface area contributed by atoms with Gasteiger partial charge < -0.3 is 9.64 Å². The largest absolute Gasteiger partial charge is 0.484 e. The molecule has 22 heavy (non-hydrogen) atoms. The number of hydrogen-bond donors (Lipinski definition) is 0. The van der Waals surface area contributed by atoms with E-state index in [1.165, 1.54) is 0 Å². The van der Waals surface area contributed by atoms with Crippen molar-refractivity contribution in [1.29, 1.82) is 5.26 Å². The van der Waals surface area contributed by atoms with Gasteiger partial charge >= 0.3 is 0 Å². The molecule has 0 spiro atoms. The smallest absolute Gasteiger partial charge is 0.260 e. The van der Waals surface area contributed by atoms with Crippen molar-refractivity contribution in [3.05, 3.63) is 65.7 Å². The predicted octanol–water partition coefficient (Wildman–Crippen LogP) is 2.99. The van der Waals surface area contributed by atoms with Crippen LogP contribution in [0.5, 0.6) is 5.75 Å². The normalized spacial score (nSPS) is 9.82. The maximum absolute atomic E-state index is 12.2. The Kier molecular flexibility index (Phi) is 5.56. The lowest BCUT2D eigenvalue weighted by molar-refractivity contribution is -0.133. The van der Waals surface area contributed by atoms with Crippen LogP contribution < -0.4 is 4.74 Å². The maximum Gasteiger partial charge on any atom is 0.260 e. The van der Waals surface area contributed by atoms with Gasteiger partial charge in [-0.25, -0.2) is 0 Å². The summed E-state index contributed by atoms with van der Waals surface area (Å²) in [7, 11) is 0. The van der Waals surface area contributed by atoms with Gasteiger partial charge in [-0.05, 0) is 30.7 Å². The van der Waals surface area contributed by atoms with E-state index in [1.807, 2.05) is 43.3 Å². The number of amides is 1. The molecule has 0 aliphatic heterocycles. The SMILES string of the molecule is CCN(Cc1ccccc1)C(=O)COc1cccc(C#N)c1. The first-order valence-electron chi connectivity index (χ1n) is 7.17. The van der Waals surface area contributed by atoms with Crippen molar-refractivity contribution < 1.29 is 9.53 Å². The molecule has 2 aromatic rings. The molecule has 0 bridgehead atoms. The van der Waals surface area contributed by atoms with Crippen LogP contribution in [0, 0.1) is 11.3 Å². The molecule has 0 aliphatic carbocycles. The van der Waals surface area contributed by atoms with Gasteiger partial charge in [-0.2, -0.15) is 5.26 Å². The minimum atomic E-state index is -0.0753. The van der Waals surface area contributed by atoms with Gasteiger partial charge in [0.15, 0.2) is 6.61 Å². The van der Waals surface area contributed by atoms with Crippen LogP contribution in [0.1, 0.15) is 18.1 Å². The van der Waals surface area contributed by atoms with Crippen LogP contribution in [0.15, 0.2) is 54.6 Å². The van der Waals surface area contributed by atoms with Crippen LogP contribution in [0.2, 0.25) is 0 Å². The molecule has 0 saturated carbocycles. The van der Waals surface area contributed by atoms with Gasteiger partial charge in [0.2, 0.25) is 0 Å². The minimum absolute atomic E-state index is 0.0322. The fourth-order valence-electron chi connectivity index (χ4n) is 2.07. The summed E-state index contributed by atoms with van der Waals surface area (Å²) in [6.07, 6.45) is 0. The summed E-state index contributed by atoms with van der Waals surface area (Å²) in [4.78, 5) is 14.0. The first-order chi connectivity index (χ1) is 10.7. The van der Waals surface area contributed by atoms with Gasteiger partial charge in [-0.1, -0.05) is 36.4 Å². The Hall–Kier alpha value is -2.80. The first kappa shape index (κ1) is 15.6. The highest BCUT2D eigenvalue weighted by molar-refractivity contribution is 5.77. The molecule has 0 aliphatic rings. The van der Waals surface area contributed by atoms with E-state index in [0.29, 0.717) is 24.4 Å². The van der Waals surface area contributed by atoms with Crippen LogP contribution in [0.25, 0.3) is 0 Å². The summed E-state index contributed by atoms with van der Waals surface area (Å²) in [5.74, 6) is 0.455. The zero-order chi connectivity index (χ0) is 15.8. The second kappa shape index (κ2) is 7.84. The number of carbonyl (C=O) groups is 1. The van der Waals surface area contributed by atoms with Crippen molar-refractivity contribution in [1.82, 2.24) is 4.90 Å². The van der Waals surface area contributed by atoms with Crippen LogP contribution in [-0.2, 0) is 11.3 Å². The number of carbonyl (C=O) groups excluding carboxylic acids is 1. The Morgan fingerprint density at radius 2 is 1.95 bits per heavy atom. The molecular weight excluding hydrogens is 276 g/mol. The molecule has 0 aromatic heterocycles. The third kappa shape index (κ3) is 4.35. The Bertz CT molecular complexity index is 662. The summed E-state index contributed by atoms with van der Waals surface area (Å²) in [6, 6.07) is 18.7. The number of nitrogens with zero attached hydrogens (tertiary/aromatic N) is 2. The van der Waals surface area contributed by atoms with Gasteiger partial charge in [0.1, 0.15) is 5.75 Å². The molecule has 112 valence electrons. The van der Waals surface area contributed by atoms with Crippen LogP contribution in [0.3, 0.4) is 0 Å². The molecule has 4 heteroatoms. The minimum Gasteiger partial charge on any atom is -0.484 e. The molecule has 0 heterocycles. The van der Waals surface area contributed by atoms with Gasteiger partial charge in [0.05, 0.1) is 11.6 Å². The topological polar surface area (TPSA) is 53.3 Å². The quantitative estimate of drug-likeness (QED) is 0.823. The van der Waals surface area contributed by atoms with Gasteiger partial charge in [-0.3, -0.25) is 4.79 Å². The average molecular weight is 294 g/mol. The molecule has 1 amide bonds. The van der Waals surface area contributed by atoms with E-state index in [0.717, 1.165) is 5.56 Å². The Balaban J connectivity index is 1.93. The predicted molar refractivity (Wildman–Crippen MR) is 84.2 cm³/mol. The number of likely N-dealkylation sites (N-methyl/N-ethyl adjacent to an activating group) is 1. The highest BCUT2D eigenvalue weighted by atomic mass is 16.5. The number of ether oxygens (including phenoxy) is 1. The fourth-order valence-corrected chi connectivity index (χ4v) is 2.07. The Morgan fingerprint density at radius 3 is 2.64 bits per heavy atom. The zero-order valence-electron chi connectivity index (χ0n) is 12.5. The van der Waals surface area contributed by atoms with Crippen LogP contribution in [-0.4, -0.2) is 24.0 Å².